The SMILES string of the molecule is O=C(CC(=O)NC1CCS(=O)(=O)C1)Nc1ccc(F)cc1F. The topological polar surface area (TPSA) is 92.3 Å². The second-order valence-corrected chi connectivity index (χ2v) is 7.25. The molecule has 0 aromatic heterocycles. The van der Waals surface area contributed by atoms with E-state index in [0.29, 0.717) is 12.5 Å². The zero-order valence-electron chi connectivity index (χ0n) is 11.4. The van der Waals surface area contributed by atoms with Crippen molar-refractivity contribution in [2.75, 3.05) is 16.8 Å². The molecular formula is C13H14F2N2O4S. The predicted molar refractivity (Wildman–Crippen MR) is 74.8 cm³/mol. The molecule has 1 heterocycles. The summed E-state index contributed by atoms with van der Waals surface area (Å²) in [6.07, 6.45) is -0.268. The van der Waals surface area contributed by atoms with Crippen LogP contribution < -0.4 is 10.6 Å². The van der Waals surface area contributed by atoms with Gasteiger partial charge in [0.1, 0.15) is 18.1 Å². The minimum atomic E-state index is -3.13. The summed E-state index contributed by atoms with van der Waals surface area (Å²) >= 11 is 0. The molecule has 1 aliphatic rings. The summed E-state index contributed by atoms with van der Waals surface area (Å²) in [5.74, 6) is -3.30. The van der Waals surface area contributed by atoms with Crippen LogP contribution in [0.2, 0.25) is 0 Å². The van der Waals surface area contributed by atoms with Crippen LogP contribution >= 0.6 is 0 Å². The molecule has 0 spiro atoms. The molecule has 1 fully saturated rings. The summed E-state index contributed by atoms with van der Waals surface area (Å²) in [5.41, 5.74) is -0.234. The van der Waals surface area contributed by atoms with E-state index in [1.54, 1.807) is 0 Å². The van der Waals surface area contributed by atoms with Crippen LogP contribution in [0.5, 0.6) is 0 Å². The molecule has 120 valence electrons. The maximum atomic E-state index is 13.3. The Morgan fingerprint density at radius 2 is 1.95 bits per heavy atom. The quantitative estimate of drug-likeness (QED) is 0.790. The van der Waals surface area contributed by atoms with E-state index in [-0.39, 0.29) is 17.2 Å². The van der Waals surface area contributed by atoms with Gasteiger partial charge in [0.2, 0.25) is 11.8 Å². The molecule has 0 bridgehead atoms. The molecule has 2 N–H and O–H groups in total. The fourth-order valence-corrected chi connectivity index (χ4v) is 3.79. The van der Waals surface area contributed by atoms with Crippen molar-refractivity contribution in [2.45, 2.75) is 18.9 Å². The van der Waals surface area contributed by atoms with Crippen LogP contribution in [0.15, 0.2) is 18.2 Å². The lowest BCUT2D eigenvalue weighted by Gasteiger charge is -2.11. The fraction of sp³-hybridized carbons (Fsp3) is 0.385. The minimum absolute atomic E-state index is 0.00489. The van der Waals surface area contributed by atoms with E-state index < -0.39 is 45.7 Å². The van der Waals surface area contributed by atoms with Gasteiger partial charge in [-0.2, -0.15) is 0 Å². The van der Waals surface area contributed by atoms with Crippen molar-refractivity contribution in [1.82, 2.24) is 5.32 Å². The van der Waals surface area contributed by atoms with Crippen molar-refractivity contribution >= 4 is 27.3 Å². The molecule has 6 nitrogen and oxygen atoms in total. The molecule has 0 radical (unpaired) electrons. The summed E-state index contributed by atoms with van der Waals surface area (Å²) in [6, 6.07) is 2.12. The fourth-order valence-electron chi connectivity index (χ4n) is 2.12. The first-order chi connectivity index (χ1) is 10.2. The number of sulfone groups is 1. The summed E-state index contributed by atoms with van der Waals surface area (Å²) in [7, 11) is -3.13. The number of nitrogens with one attached hydrogen (secondary N) is 2. The number of carbonyl (C=O) groups excluding carboxylic acids is 2. The molecule has 22 heavy (non-hydrogen) atoms. The van der Waals surface area contributed by atoms with E-state index in [4.69, 9.17) is 0 Å². The average molecular weight is 332 g/mol. The first-order valence-corrected chi connectivity index (χ1v) is 8.32. The van der Waals surface area contributed by atoms with E-state index in [0.717, 1.165) is 12.1 Å². The van der Waals surface area contributed by atoms with Crippen LogP contribution in [0, 0.1) is 11.6 Å². The maximum Gasteiger partial charge on any atom is 0.233 e. The number of hydrogen-bond donors (Lipinski definition) is 2. The molecule has 0 aliphatic carbocycles. The highest BCUT2D eigenvalue weighted by Crippen LogP contribution is 2.15. The van der Waals surface area contributed by atoms with Crippen LogP contribution in [-0.2, 0) is 19.4 Å². The van der Waals surface area contributed by atoms with E-state index in [2.05, 4.69) is 10.6 Å². The van der Waals surface area contributed by atoms with Gasteiger partial charge in [0, 0.05) is 12.1 Å². The van der Waals surface area contributed by atoms with Crippen LogP contribution in [0.25, 0.3) is 0 Å². The van der Waals surface area contributed by atoms with E-state index in [1.165, 1.54) is 0 Å². The third-order valence-electron chi connectivity index (χ3n) is 3.12. The molecule has 2 amide bonds. The molecule has 1 aromatic carbocycles. The van der Waals surface area contributed by atoms with Crippen LogP contribution in [0.1, 0.15) is 12.8 Å². The standard InChI is InChI=1S/C13H14F2N2O4S/c14-8-1-2-11(10(15)5-8)17-13(19)6-12(18)16-9-3-4-22(20,21)7-9/h1-2,5,9H,3-4,6-7H2,(H,16,18)(H,17,19). The van der Waals surface area contributed by atoms with E-state index in [1.807, 2.05) is 0 Å². The number of halogens is 2. The Morgan fingerprint density at radius 3 is 2.55 bits per heavy atom. The third kappa shape index (κ3) is 4.48. The van der Waals surface area contributed by atoms with Crippen molar-refractivity contribution in [3.8, 4) is 0 Å². The molecule has 1 saturated heterocycles. The Morgan fingerprint density at radius 1 is 1.23 bits per heavy atom. The highest BCUT2D eigenvalue weighted by atomic mass is 32.2. The Hall–Kier alpha value is -2.03. The van der Waals surface area contributed by atoms with Crippen molar-refractivity contribution in [3.05, 3.63) is 29.8 Å². The number of rotatable bonds is 4. The molecule has 9 heteroatoms. The lowest BCUT2D eigenvalue weighted by molar-refractivity contribution is -0.127. The summed E-state index contributed by atoms with van der Waals surface area (Å²) in [6.45, 7) is 0. The minimum Gasteiger partial charge on any atom is -0.352 e. The summed E-state index contributed by atoms with van der Waals surface area (Å²) in [5, 5.41) is 4.59. The van der Waals surface area contributed by atoms with Gasteiger partial charge in [0.25, 0.3) is 0 Å². The third-order valence-corrected chi connectivity index (χ3v) is 4.89. The highest BCUT2D eigenvalue weighted by Gasteiger charge is 2.29. The number of benzene rings is 1. The Labute approximate surface area is 125 Å². The maximum absolute atomic E-state index is 13.3. The van der Waals surface area contributed by atoms with Gasteiger partial charge in [-0.3, -0.25) is 9.59 Å². The van der Waals surface area contributed by atoms with Gasteiger partial charge < -0.3 is 10.6 Å². The second-order valence-electron chi connectivity index (χ2n) is 5.02. The number of hydrogen-bond acceptors (Lipinski definition) is 4. The van der Waals surface area contributed by atoms with Crippen molar-refractivity contribution in [3.63, 3.8) is 0 Å². The van der Waals surface area contributed by atoms with Crippen LogP contribution in [-0.4, -0.2) is 37.8 Å². The van der Waals surface area contributed by atoms with Gasteiger partial charge in [0.15, 0.2) is 9.84 Å². The largest absolute Gasteiger partial charge is 0.352 e. The molecule has 1 aliphatic heterocycles. The second kappa shape index (κ2) is 6.39. The molecule has 1 unspecified atom stereocenters. The average Bonchev–Trinajstić information content (AvgIpc) is 2.71. The highest BCUT2D eigenvalue weighted by molar-refractivity contribution is 7.91. The molecule has 0 saturated carbocycles. The van der Waals surface area contributed by atoms with Crippen molar-refractivity contribution in [2.24, 2.45) is 0 Å². The monoisotopic (exact) mass is 332 g/mol. The number of carbonyl (C=O) groups is 2. The van der Waals surface area contributed by atoms with Gasteiger partial charge in [-0.1, -0.05) is 0 Å². The molecule has 1 atom stereocenters. The van der Waals surface area contributed by atoms with Gasteiger partial charge in [-0.15, -0.1) is 0 Å². The predicted octanol–water partition coefficient (Wildman–Crippen LogP) is 0.597. The van der Waals surface area contributed by atoms with E-state index in [9.17, 15) is 26.8 Å². The lowest BCUT2D eigenvalue weighted by Crippen LogP contribution is -2.37. The smallest absolute Gasteiger partial charge is 0.233 e. The van der Waals surface area contributed by atoms with Crippen LogP contribution in [0.3, 0.4) is 0 Å². The number of amides is 2. The number of anilines is 1. The first-order valence-electron chi connectivity index (χ1n) is 6.50. The van der Waals surface area contributed by atoms with Crippen molar-refractivity contribution < 1.29 is 26.8 Å². The normalized spacial score (nSPS) is 19.6. The zero-order chi connectivity index (χ0) is 16.3. The molecular weight excluding hydrogens is 318 g/mol. The first kappa shape index (κ1) is 16.3. The van der Waals surface area contributed by atoms with Gasteiger partial charge in [-0.25, -0.2) is 17.2 Å². The van der Waals surface area contributed by atoms with Gasteiger partial charge >= 0.3 is 0 Å². The summed E-state index contributed by atoms with van der Waals surface area (Å²) < 4.78 is 48.6. The summed E-state index contributed by atoms with van der Waals surface area (Å²) in [4.78, 5) is 23.2. The van der Waals surface area contributed by atoms with Gasteiger partial charge in [0.05, 0.1) is 17.2 Å². The van der Waals surface area contributed by atoms with Crippen LogP contribution in [0.4, 0.5) is 14.5 Å². The lowest BCUT2D eigenvalue weighted by atomic mass is 10.2. The van der Waals surface area contributed by atoms with Crippen molar-refractivity contribution in [1.29, 1.82) is 0 Å². The molecule has 2 rings (SSSR count). The zero-order valence-corrected chi connectivity index (χ0v) is 12.3. The molecule has 1 aromatic rings. The Bertz CT molecular complexity index is 706. The Balaban J connectivity index is 1.85. The van der Waals surface area contributed by atoms with Gasteiger partial charge in [-0.05, 0) is 18.6 Å². The van der Waals surface area contributed by atoms with E-state index >= 15 is 0 Å². The Kier molecular flexibility index (Phi) is 4.74.